The number of benzene rings is 2. The van der Waals surface area contributed by atoms with Crippen LogP contribution in [0.25, 0.3) is 11.0 Å². The van der Waals surface area contributed by atoms with Gasteiger partial charge in [0.1, 0.15) is 11.3 Å². The van der Waals surface area contributed by atoms with E-state index in [9.17, 15) is 4.79 Å². The number of rotatable bonds is 3. The Hall–Kier alpha value is -2.79. The molecule has 1 aliphatic heterocycles. The monoisotopic (exact) mass is 336 g/mol. The van der Waals surface area contributed by atoms with Gasteiger partial charge in [0.25, 0.3) is 5.91 Å². The topological polar surface area (TPSA) is 54.7 Å². The number of nitrogens with zero attached hydrogens (tertiary/aromatic N) is 1. The van der Waals surface area contributed by atoms with Crippen LogP contribution in [0.4, 0.5) is 11.4 Å². The molecular formula is C20H20N2O3. The summed E-state index contributed by atoms with van der Waals surface area (Å²) in [6.07, 6.45) is 0. The fourth-order valence-electron chi connectivity index (χ4n) is 3.20. The fraction of sp³-hybridized carbons (Fsp3) is 0.250. The lowest BCUT2D eigenvalue weighted by Gasteiger charge is -2.30. The lowest BCUT2D eigenvalue weighted by atomic mass is 10.1. The summed E-state index contributed by atoms with van der Waals surface area (Å²) in [5.41, 5.74) is 3.20. The first kappa shape index (κ1) is 15.7. The van der Waals surface area contributed by atoms with Crippen LogP contribution in [-0.4, -0.2) is 32.2 Å². The molecule has 25 heavy (non-hydrogen) atoms. The lowest BCUT2D eigenvalue weighted by molar-refractivity contribution is 0.102. The summed E-state index contributed by atoms with van der Waals surface area (Å²) in [5.74, 6) is 0.748. The SMILES string of the molecule is Cc1cc2cc(NC(=O)c3ccccc3N3CCOCC3)ccc2o1. The molecule has 1 aromatic heterocycles. The molecule has 0 bridgehead atoms. The Balaban J connectivity index is 1.59. The van der Waals surface area contributed by atoms with Gasteiger partial charge in [0, 0.05) is 29.9 Å². The van der Waals surface area contributed by atoms with Crippen LogP contribution in [0.5, 0.6) is 0 Å². The second-order valence-electron chi connectivity index (χ2n) is 6.18. The van der Waals surface area contributed by atoms with Crippen LogP contribution in [0.15, 0.2) is 52.9 Å². The number of carbonyl (C=O) groups excluding carboxylic acids is 1. The van der Waals surface area contributed by atoms with Crippen molar-refractivity contribution in [2.24, 2.45) is 0 Å². The molecule has 3 aromatic rings. The summed E-state index contributed by atoms with van der Waals surface area (Å²) < 4.78 is 11.0. The van der Waals surface area contributed by atoms with Crippen molar-refractivity contribution < 1.29 is 13.9 Å². The van der Waals surface area contributed by atoms with Crippen LogP contribution in [0, 0.1) is 6.92 Å². The zero-order chi connectivity index (χ0) is 17.2. The van der Waals surface area contributed by atoms with Gasteiger partial charge in [0.2, 0.25) is 0 Å². The van der Waals surface area contributed by atoms with Crippen molar-refractivity contribution in [3.05, 3.63) is 59.9 Å². The van der Waals surface area contributed by atoms with Crippen LogP contribution in [0.2, 0.25) is 0 Å². The summed E-state index contributed by atoms with van der Waals surface area (Å²) in [7, 11) is 0. The molecule has 0 aliphatic carbocycles. The number of ether oxygens (including phenoxy) is 1. The van der Waals surface area contributed by atoms with Gasteiger partial charge in [-0.15, -0.1) is 0 Å². The number of furan rings is 1. The zero-order valence-corrected chi connectivity index (χ0v) is 14.1. The smallest absolute Gasteiger partial charge is 0.257 e. The highest BCUT2D eigenvalue weighted by Crippen LogP contribution is 2.25. The van der Waals surface area contributed by atoms with Gasteiger partial charge in [-0.3, -0.25) is 4.79 Å². The highest BCUT2D eigenvalue weighted by atomic mass is 16.5. The standard InChI is InChI=1S/C20H20N2O3/c1-14-12-15-13-16(6-7-19(15)25-14)21-20(23)17-4-2-3-5-18(17)22-8-10-24-11-9-22/h2-7,12-13H,8-11H2,1H3,(H,21,23). The number of nitrogens with one attached hydrogen (secondary N) is 1. The Morgan fingerprint density at radius 3 is 2.72 bits per heavy atom. The highest BCUT2D eigenvalue weighted by molar-refractivity contribution is 6.08. The summed E-state index contributed by atoms with van der Waals surface area (Å²) >= 11 is 0. The number of fused-ring (bicyclic) bond motifs is 1. The highest BCUT2D eigenvalue weighted by Gasteiger charge is 2.18. The van der Waals surface area contributed by atoms with Crippen LogP contribution < -0.4 is 10.2 Å². The van der Waals surface area contributed by atoms with E-state index in [4.69, 9.17) is 9.15 Å². The first-order valence-electron chi connectivity index (χ1n) is 8.44. The van der Waals surface area contributed by atoms with E-state index in [1.54, 1.807) is 0 Å². The second-order valence-corrected chi connectivity index (χ2v) is 6.18. The molecule has 0 unspecified atom stereocenters. The van der Waals surface area contributed by atoms with Gasteiger partial charge >= 0.3 is 0 Å². The lowest BCUT2D eigenvalue weighted by Crippen LogP contribution is -2.37. The molecule has 4 rings (SSSR count). The Kier molecular flexibility index (Phi) is 4.15. The average Bonchev–Trinajstić information content (AvgIpc) is 3.02. The van der Waals surface area contributed by atoms with Crippen molar-refractivity contribution in [3.63, 3.8) is 0 Å². The van der Waals surface area contributed by atoms with Gasteiger partial charge < -0.3 is 19.4 Å². The molecular weight excluding hydrogens is 316 g/mol. The van der Waals surface area contributed by atoms with Gasteiger partial charge in [-0.2, -0.15) is 0 Å². The number of para-hydroxylation sites is 1. The van der Waals surface area contributed by atoms with E-state index in [0.717, 1.165) is 41.2 Å². The Morgan fingerprint density at radius 1 is 1.08 bits per heavy atom. The van der Waals surface area contributed by atoms with E-state index in [-0.39, 0.29) is 5.91 Å². The number of hydrogen-bond donors (Lipinski definition) is 1. The van der Waals surface area contributed by atoms with E-state index in [2.05, 4.69) is 10.2 Å². The minimum absolute atomic E-state index is 0.110. The van der Waals surface area contributed by atoms with Crippen molar-refractivity contribution in [2.75, 3.05) is 36.5 Å². The van der Waals surface area contributed by atoms with Gasteiger partial charge in [0.15, 0.2) is 0 Å². The Labute approximate surface area is 146 Å². The summed E-state index contributed by atoms with van der Waals surface area (Å²) in [6, 6.07) is 15.3. The number of anilines is 2. The van der Waals surface area contributed by atoms with Crippen molar-refractivity contribution in [3.8, 4) is 0 Å². The van der Waals surface area contributed by atoms with Gasteiger partial charge in [0.05, 0.1) is 18.8 Å². The summed E-state index contributed by atoms with van der Waals surface area (Å²) in [4.78, 5) is 15.0. The molecule has 1 saturated heterocycles. The quantitative estimate of drug-likeness (QED) is 0.790. The zero-order valence-electron chi connectivity index (χ0n) is 14.1. The van der Waals surface area contributed by atoms with Crippen LogP contribution >= 0.6 is 0 Å². The number of aryl methyl sites for hydroxylation is 1. The average molecular weight is 336 g/mol. The molecule has 2 aromatic carbocycles. The Morgan fingerprint density at radius 2 is 1.88 bits per heavy atom. The van der Waals surface area contributed by atoms with E-state index >= 15 is 0 Å². The van der Waals surface area contributed by atoms with Gasteiger partial charge in [-0.25, -0.2) is 0 Å². The predicted molar refractivity (Wildman–Crippen MR) is 98.4 cm³/mol. The van der Waals surface area contributed by atoms with Gasteiger partial charge in [-0.05, 0) is 43.3 Å². The number of amides is 1. The molecule has 2 heterocycles. The predicted octanol–water partition coefficient (Wildman–Crippen LogP) is 3.83. The normalized spacial score (nSPS) is 14.7. The van der Waals surface area contributed by atoms with E-state index < -0.39 is 0 Å². The molecule has 1 aliphatic rings. The second kappa shape index (κ2) is 6.61. The maximum atomic E-state index is 12.8. The summed E-state index contributed by atoms with van der Waals surface area (Å²) in [5, 5.41) is 3.98. The van der Waals surface area contributed by atoms with Crippen molar-refractivity contribution in [1.29, 1.82) is 0 Å². The Bertz CT molecular complexity index is 910. The first-order chi connectivity index (χ1) is 12.2. The molecule has 0 radical (unpaired) electrons. The van der Waals surface area contributed by atoms with Crippen molar-refractivity contribution in [1.82, 2.24) is 0 Å². The largest absolute Gasteiger partial charge is 0.461 e. The van der Waals surface area contributed by atoms with Gasteiger partial charge in [-0.1, -0.05) is 12.1 Å². The molecule has 1 amide bonds. The number of morpholine rings is 1. The number of hydrogen-bond acceptors (Lipinski definition) is 4. The first-order valence-corrected chi connectivity index (χ1v) is 8.44. The molecule has 1 N–H and O–H groups in total. The molecule has 1 fully saturated rings. The number of carbonyl (C=O) groups is 1. The van der Waals surface area contributed by atoms with Crippen LogP contribution in [0.3, 0.4) is 0 Å². The van der Waals surface area contributed by atoms with E-state index in [1.165, 1.54) is 0 Å². The summed E-state index contributed by atoms with van der Waals surface area (Å²) in [6.45, 7) is 4.88. The molecule has 5 heteroatoms. The maximum Gasteiger partial charge on any atom is 0.257 e. The minimum atomic E-state index is -0.110. The van der Waals surface area contributed by atoms with E-state index in [0.29, 0.717) is 18.8 Å². The molecule has 128 valence electrons. The van der Waals surface area contributed by atoms with E-state index in [1.807, 2.05) is 55.5 Å². The van der Waals surface area contributed by atoms with Crippen LogP contribution in [0.1, 0.15) is 16.1 Å². The van der Waals surface area contributed by atoms with Crippen molar-refractivity contribution in [2.45, 2.75) is 6.92 Å². The third kappa shape index (κ3) is 3.23. The molecule has 0 saturated carbocycles. The molecule has 0 atom stereocenters. The molecule has 0 spiro atoms. The third-order valence-corrected chi connectivity index (χ3v) is 4.40. The maximum absolute atomic E-state index is 12.8. The third-order valence-electron chi connectivity index (χ3n) is 4.40. The fourth-order valence-corrected chi connectivity index (χ4v) is 3.20. The van der Waals surface area contributed by atoms with Crippen LogP contribution in [-0.2, 0) is 4.74 Å². The molecule has 5 nitrogen and oxygen atoms in total. The minimum Gasteiger partial charge on any atom is -0.461 e. The van der Waals surface area contributed by atoms with Crippen molar-refractivity contribution >= 4 is 28.3 Å².